The molecule has 1 saturated heterocycles. The maximum atomic E-state index is 9.35. The molecule has 1 aromatic carbocycles. The molecule has 1 aliphatic heterocycles. The van der Waals surface area contributed by atoms with Crippen LogP contribution >= 0.6 is 0 Å². The van der Waals surface area contributed by atoms with Gasteiger partial charge >= 0.3 is 0 Å². The number of rotatable bonds is 12. The molecule has 4 aromatic rings. The van der Waals surface area contributed by atoms with E-state index < -0.39 is 0 Å². The van der Waals surface area contributed by atoms with Crippen LogP contribution in [0.3, 0.4) is 0 Å². The Kier molecular flexibility index (Phi) is 9.44. The van der Waals surface area contributed by atoms with Gasteiger partial charge in [-0.2, -0.15) is 0 Å². The van der Waals surface area contributed by atoms with E-state index in [-0.39, 0.29) is 5.75 Å². The second-order valence-electron chi connectivity index (χ2n) is 9.91. The molecule has 1 aliphatic rings. The molecule has 0 spiro atoms. The Hall–Kier alpha value is -3.88. The number of aromatic hydroxyl groups is 1. The molecule has 202 valence electrons. The number of phenols is 1. The number of benzene rings is 1. The number of piperazine rings is 1. The molecule has 39 heavy (non-hydrogen) atoms. The summed E-state index contributed by atoms with van der Waals surface area (Å²) in [5.41, 5.74) is 4.44. The Labute approximate surface area is 230 Å². The minimum Gasteiger partial charge on any atom is -0.508 e. The van der Waals surface area contributed by atoms with E-state index in [0.717, 1.165) is 86.4 Å². The van der Waals surface area contributed by atoms with Crippen LogP contribution in [0.2, 0.25) is 0 Å². The fraction of sp³-hybridized carbons (Fsp3) is 0.355. The van der Waals surface area contributed by atoms with Gasteiger partial charge in [0.25, 0.3) is 0 Å². The standard InChI is InChI=1S/C31H36N6O2/c38-26-11-13-27(14-12-26)39-22-8-2-1-7-17-36-18-20-37(21-19-36)24-25-23-30(28-9-3-5-15-32-28)34-35-31(25)29-10-4-6-16-33-29/h3-6,9-16,23,38H,1-2,7-8,17-22,24H2. The van der Waals surface area contributed by atoms with Crippen molar-refractivity contribution in [3.05, 3.63) is 84.7 Å². The molecule has 1 N–H and O–H groups in total. The Morgan fingerprint density at radius 3 is 2.10 bits per heavy atom. The van der Waals surface area contributed by atoms with E-state index in [1.165, 1.54) is 19.3 Å². The monoisotopic (exact) mass is 524 g/mol. The van der Waals surface area contributed by atoms with E-state index in [4.69, 9.17) is 4.74 Å². The molecule has 5 rings (SSSR count). The van der Waals surface area contributed by atoms with Gasteiger partial charge in [0.15, 0.2) is 0 Å². The first kappa shape index (κ1) is 26.7. The first-order chi connectivity index (χ1) is 19.2. The predicted octanol–water partition coefficient (Wildman–Crippen LogP) is 5.06. The highest BCUT2D eigenvalue weighted by molar-refractivity contribution is 5.63. The lowest BCUT2D eigenvalue weighted by atomic mass is 10.1. The van der Waals surface area contributed by atoms with E-state index in [9.17, 15) is 5.11 Å². The van der Waals surface area contributed by atoms with Gasteiger partial charge in [-0.15, -0.1) is 10.2 Å². The summed E-state index contributed by atoms with van der Waals surface area (Å²) < 4.78 is 5.74. The van der Waals surface area contributed by atoms with Gasteiger partial charge < -0.3 is 14.7 Å². The third-order valence-electron chi connectivity index (χ3n) is 7.04. The molecule has 4 heterocycles. The quantitative estimate of drug-likeness (QED) is 0.257. The Morgan fingerprint density at radius 1 is 0.692 bits per heavy atom. The molecule has 0 aliphatic carbocycles. The maximum absolute atomic E-state index is 9.35. The number of nitrogens with zero attached hydrogens (tertiary/aromatic N) is 6. The lowest BCUT2D eigenvalue weighted by molar-refractivity contribution is 0.125. The third kappa shape index (κ3) is 7.81. The second kappa shape index (κ2) is 13.8. The maximum Gasteiger partial charge on any atom is 0.119 e. The van der Waals surface area contributed by atoms with Crippen molar-refractivity contribution in [2.45, 2.75) is 32.2 Å². The summed E-state index contributed by atoms with van der Waals surface area (Å²) in [5, 5.41) is 18.4. The number of phenolic OH excluding ortho intramolecular Hbond substituents is 1. The van der Waals surface area contributed by atoms with E-state index in [2.05, 4.69) is 36.0 Å². The molecule has 0 amide bonds. The van der Waals surface area contributed by atoms with E-state index in [1.54, 1.807) is 36.7 Å². The van der Waals surface area contributed by atoms with Gasteiger partial charge in [-0.05, 0) is 79.5 Å². The summed E-state index contributed by atoms with van der Waals surface area (Å²) in [6.07, 6.45) is 8.23. The zero-order valence-corrected chi connectivity index (χ0v) is 22.3. The normalized spacial score (nSPS) is 14.4. The van der Waals surface area contributed by atoms with Crippen LogP contribution < -0.4 is 4.74 Å². The average Bonchev–Trinajstić information content (AvgIpc) is 2.99. The van der Waals surface area contributed by atoms with Crippen LogP contribution in [-0.2, 0) is 6.54 Å². The molecule has 8 heteroatoms. The SMILES string of the molecule is Oc1ccc(OCCCCCCN2CCN(Cc3cc(-c4ccccn4)nnc3-c3ccccn3)CC2)cc1. The van der Waals surface area contributed by atoms with Gasteiger partial charge in [0.05, 0.1) is 18.0 Å². The summed E-state index contributed by atoms with van der Waals surface area (Å²) in [6, 6.07) is 20.8. The van der Waals surface area contributed by atoms with Crippen molar-refractivity contribution in [3.8, 4) is 34.3 Å². The molecule has 3 aromatic heterocycles. The van der Waals surface area contributed by atoms with Crippen LogP contribution in [0.15, 0.2) is 79.1 Å². The van der Waals surface area contributed by atoms with Crippen molar-refractivity contribution >= 4 is 0 Å². The summed E-state index contributed by atoms with van der Waals surface area (Å²) in [5.74, 6) is 1.08. The van der Waals surface area contributed by atoms with Crippen molar-refractivity contribution in [1.29, 1.82) is 0 Å². The van der Waals surface area contributed by atoms with Gasteiger partial charge in [-0.1, -0.05) is 25.0 Å². The highest BCUT2D eigenvalue weighted by atomic mass is 16.5. The predicted molar refractivity (Wildman–Crippen MR) is 152 cm³/mol. The van der Waals surface area contributed by atoms with Crippen LogP contribution in [0.1, 0.15) is 31.2 Å². The lowest BCUT2D eigenvalue weighted by Crippen LogP contribution is -2.46. The zero-order valence-electron chi connectivity index (χ0n) is 22.3. The average molecular weight is 525 g/mol. The van der Waals surface area contributed by atoms with Crippen LogP contribution in [0.5, 0.6) is 11.5 Å². The smallest absolute Gasteiger partial charge is 0.119 e. The Morgan fingerprint density at radius 2 is 1.38 bits per heavy atom. The van der Waals surface area contributed by atoms with Crippen LogP contribution in [0.4, 0.5) is 0 Å². The zero-order chi connectivity index (χ0) is 26.7. The summed E-state index contributed by atoms with van der Waals surface area (Å²) in [4.78, 5) is 14.1. The number of unbranched alkanes of at least 4 members (excludes halogenated alkanes) is 3. The molecular weight excluding hydrogens is 488 g/mol. The fourth-order valence-corrected chi connectivity index (χ4v) is 4.84. The number of hydrogen-bond acceptors (Lipinski definition) is 8. The minimum atomic E-state index is 0.265. The van der Waals surface area contributed by atoms with Crippen molar-refractivity contribution in [3.63, 3.8) is 0 Å². The van der Waals surface area contributed by atoms with Crippen LogP contribution in [-0.4, -0.2) is 74.4 Å². The molecule has 0 atom stereocenters. The highest BCUT2D eigenvalue weighted by Crippen LogP contribution is 2.24. The fourth-order valence-electron chi connectivity index (χ4n) is 4.84. The third-order valence-corrected chi connectivity index (χ3v) is 7.04. The van der Waals surface area contributed by atoms with E-state index >= 15 is 0 Å². The van der Waals surface area contributed by atoms with Crippen LogP contribution in [0, 0.1) is 0 Å². The van der Waals surface area contributed by atoms with E-state index in [0.29, 0.717) is 0 Å². The van der Waals surface area contributed by atoms with Gasteiger partial charge in [0.1, 0.15) is 22.9 Å². The molecule has 0 bridgehead atoms. The molecule has 0 radical (unpaired) electrons. The second-order valence-corrected chi connectivity index (χ2v) is 9.91. The number of hydrogen-bond donors (Lipinski definition) is 1. The molecular formula is C31H36N6O2. The minimum absolute atomic E-state index is 0.265. The molecule has 0 unspecified atom stereocenters. The number of aromatic nitrogens is 4. The molecule has 1 fully saturated rings. The first-order valence-electron chi connectivity index (χ1n) is 13.8. The van der Waals surface area contributed by atoms with E-state index in [1.807, 2.05) is 36.4 Å². The first-order valence-corrected chi connectivity index (χ1v) is 13.8. The van der Waals surface area contributed by atoms with Crippen molar-refractivity contribution in [2.24, 2.45) is 0 Å². The van der Waals surface area contributed by atoms with Crippen molar-refractivity contribution in [1.82, 2.24) is 30.0 Å². The summed E-state index contributed by atoms with van der Waals surface area (Å²) >= 11 is 0. The highest BCUT2D eigenvalue weighted by Gasteiger charge is 2.20. The van der Waals surface area contributed by atoms with Gasteiger partial charge in [-0.3, -0.25) is 14.9 Å². The topological polar surface area (TPSA) is 87.5 Å². The molecule has 0 saturated carbocycles. The Bertz CT molecular complexity index is 1280. The van der Waals surface area contributed by atoms with Crippen LogP contribution in [0.25, 0.3) is 22.8 Å². The lowest BCUT2D eigenvalue weighted by Gasteiger charge is -2.35. The molecule has 8 nitrogen and oxygen atoms in total. The summed E-state index contributed by atoms with van der Waals surface area (Å²) in [6.45, 7) is 6.90. The van der Waals surface area contributed by atoms with Crippen molar-refractivity contribution in [2.75, 3.05) is 39.3 Å². The van der Waals surface area contributed by atoms with Gasteiger partial charge in [0.2, 0.25) is 0 Å². The summed E-state index contributed by atoms with van der Waals surface area (Å²) in [7, 11) is 0. The largest absolute Gasteiger partial charge is 0.508 e. The van der Waals surface area contributed by atoms with Crippen molar-refractivity contribution < 1.29 is 9.84 Å². The van der Waals surface area contributed by atoms with Gasteiger partial charge in [0, 0.05) is 45.1 Å². The number of pyridine rings is 2. The van der Waals surface area contributed by atoms with Gasteiger partial charge in [-0.25, -0.2) is 0 Å². The Balaban J connectivity index is 1.07. The number of ether oxygens (including phenoxy) is 1.